The number of nitrogens with two attached hydrogens (primary N) is 1. The summed E-state index contributed by atoms with van der Waals surface area (Å²) >= 11 is 0. The highest BCUT2D eigenvalue weighted by atomic mass is 16.6. The highest BCUT2D eigenvalue weighted by Gasteiger charge is 2.31. The smallest absolute Gasteiger partial charge is 0.410 e. The first kappa shape index (κ1) is 17.3. The molecule has 0 bridgehead atoms. The number of H-pyrrole nitrogens is 1. The summed E-state index contributed by atoms with van der Waals surface area (Å²) in [5.74, 6) is 0.623. The molecule has 1 saturated heterocycles. The van der Waals surface area contributed by atoms with Gasteiger partial charge in [-0.1, -0.05) is 0 Å². The number of nitrogens with zero attached hydrogens (tertiary/aromatic N) is 5. The number of aromatic amines is 1. The molecular formula is C18H23N7O2. The number of rotatable bonds is 2. The van der Waals surface area contributed by atoms with Gasteiger partial charge in [-0.25, -0.2) is 9.78 Å². The van der Waals surface area contributed by atoms with Crippen molar-refractivity contribution in [3.8, 4) is 11.1 Å². The molecule has 9 nitrogen and oxygen atoms in total. The summed E-state index contributed by atoms with van der Waals surface area (Å²) in [6.07, 6.45) is 5.77. The average Bonchev–Trinajstić information content (AvgIpc) is 3.32. The Bertz CT molecular complexity index is 972. The molecule has 4 heterocycles. The van der Waals surface area contributed by atoms with Crippen LogP contribution in [0, 0.1) is 0 Å². The van der Waals surface area contributed by atoms with Gasteiger partial charge in [0.25, 0.3) is 0 Å². The third-order valence-electron chi connectivity index (χ3n) is 4.59. The number of fused-ring (bicyclic) bond motifs is 1. The molecule has 27 heavy (non-hydrogen) atoms. The zero-order chi connectivity index (χ0) is 19.2. The summed E-state index contributed by atoms with van der Waals surface area (Å²) in [6, 6.07) is 1.84. The summed E-state index contributed by atoms with van der Waals surface area (Å²) in [5, 5.41) is 11.1. The minimum absolute atomic E-state index is 0.108. The van der Waals surface area contributed by atoms with Crippen molar-refractivity contribution in [2.75, 3.05) is 18.8 Å². The lowest BCUT2D eigenvalue weighted by atomic mass is 10.0. The fraction of sp³-hybridized carbons (Fsp3) is 0.444. The topological polar surface area (TPSA) is 114 Å². The van der Waals surface area contributed by atoms with Crippen LogP contribution in [-0.2, 0) is 4.74 Å². The van der Waals surface area contributed by atoms with Gasteiger partial charge < -0.3 is 15.4 Å². The van der Waals surface area contributed by atoms with Crippen molar-refractivity contribution in [1.29, 1.82) is 0 Å². The fourth-order valence-electron chi connectivity index (χ4n) is 3.31. The summed E-state index contributed by atoms with van der Waals surface area (Å²) in [4.78, 5) is 18.8. The van der Waals surface area contributed by atoms with Gasteiger partial charge in [0.05, 0.1) is 18.1 Å². The lowest BCUT2D eigenvalue weighted by Crippen LogP contribution is -2.35. The maximum atomic E-state index is 12.3. The molecule has 4 rings (SSSR count). The van der Waals surface area contributed by atoms with Crippen LogP contribution in [0.1, 0.15) is 38.8 Å². The van der Waals surface area contributed by atoms with E-state index in [9.17, 15) is 4.79 Å². The Morgan fingerprint density at radius 3 is 2.89 bits per heavy atom. The lowest BCUT2D eigenvalue weighted by Gasteiger charge is -2.24. The molecule has 3 aromatic heterocycles. The van der Waals surface area contributed by atoms with Crippen LogP contribution in [0.3, 0.4) is 0 Å². The monoisotopic (exact) mass is 369 g/mol. The van der Waals surface area contributed by atoms with E-state index >= 15 is 0 Å². The predicted octanol–water partition coefficient (Wildman–Crippen LogP) is 2.43. The van der Waals surface area contributed by atoms with Gasteiger partial charge in [0.1, 0.15) is 11.4 Å². The number of hydrogen-bond acceptors (Lipinski definition) is 6. The average molecular weight is 369 g/mol. The molecule has 3 aromatic rings. The van der Waals surface area contributed by atoms with Gasteiger partial charge in [-0.15, -0.1) is 0 Å². The number of amides is 1. The molecule has 0 aliphatic carbocycles. The molecule has 0 aromatic carbocycles. The van der Waals surface area contributed by atoms with Gasteiger partial charge in [-0.05, 0) is 27.2 Å². The Morgan fingerprint density at radius 1 is 1.37 bits per heavy atom. The largest absolute Gasteiger partial charge is 0.444 e. The Balaban J connectivity index is 1.61. The van der Waals surface area contributed by atoms with Crippen molar-refractivity contribution in [3.63, 3.8) is 0 Å². The van der Waals surface area contributed by atoms with Crippen molar-refractivity contribution in [2.45, 2.75) is 38.7 Å². The van der Waals surface area contributed by atoms with Crippen LogP contribution in [-0.4, -0.2) is 54.5 Å². The van der Waals surface area contributed by atoms with E-state index < -0.39 is 5.60 Å². The third-order valence-corrected chi connectivity index (χ3v) is 4.59. The fourth-order valence-corrected chi connectivity index (χ4v) is 3.31. The van der Waals surface area contributed by atoms with E-state index in [1.165, 1.54) is 0 Å². The van der Waals surface area contributed by atoms with Gasteiger partial charge in [0, 0.05) is 42.4 Å². The second-order valence-corrected chi connectivity index (χ2v) is 7.80. The number of carbonyl (C=O) groups excluding carboxylic acids is 1. The highest BCUT2D eigenvalue weighted by molar-refractivity contribution is 5.77. The first-order valence-corrected chi connectivity index (χ1v) is 8.93. The van der Waals surface area contributed by atoms with Crippen LogP contribution in [0.5, 0.6) is 0 Å². The number of nitrogen functional groups attached to an aromatic ring is 1. The normalized spacial score (nSPS) is 17.6. The highest BCUT2D eigenvalue weighted by Crippen LogP contribution is 2.31. The third kappa shape index (κ3) is 3.32. The number of hydrogen-bond donors (Lipinski definition) is 2. The number of nitrogens with one attached hydrogen (secondary N) is 1. The van der Waals surface area contributed by atoms with Crippen LogP contribution in [0.4, 0.5) is 10.6 Å². The molecule has 1 atom stereocenters. The number of carbonyl (C=O) groups is 1. The Labute approximate surface area is 156 Å². The van der Waals surface area contributed by atoms with Crippen LogP contribution in [0.25, 0.3) is 16.8 Å². The van der Waals surface area contributed by atoms with Gasteiger partial charge in [0.2, 0.25) is 0 Å². The minimum Gasteiger partial charge on any atom is -0.444 e. The SMILES string of the molecule is CC(C)(C)OC(=O)N1CCC(c2cc(N)n3ncc(-c4cn[nH]c4)c3n2)C1. The van der Waals surface area contributed by atoms with Crippen molar-refractivity contribution >= 4 is 17.6 Å². The number of aromatic nitrogens is 5. The molecule has 9 heteroatoms. The summed E-state index contributed by atoms with van der Waals surface area (Å²) < 4.78 is 7.09. The summed E-state index contributed by atoms with van der Waals surface area (Å²) in [6.45, 7) is 6.80. The summed E-state index contributed by atoms with van der Waals surface area (Å²) in [5.41, 5.74) is 8.99. The standard InChI is InChI=1S/C18H23N7O2/c1-18(2,3)27-17(26)24-5-4-11(10-24)14-6-15(19)25-16(23-14)13(9-22-25)12-7-20-21-8-12/h6-9,11H,4-5,10,19H2,1-3H3,(H,20,21). The van der Waals surface area contributed by atoms with Crippen molar-refractivity contribution in [1.82, 2.24) is 29.7 Å². The summed E-state index contributed by atoms with van der Waals surface area (Å²) in [7, 11) is 0. The van der Waals surface area contributed by atoms with Crippen LogP contribution in [0.2, 0.25) is 0 Å². The van der Waals surface area contributed by atoms with E-state index in [1.54, 1.807) is 28.0 Å². The first-order chi connectivity index (χ1) is 12.8. The second-order valence-electron chi connectivity index (χ2n) is 7.80. The molecule has 142 valence electrons. The first-order valence-electron chi connectivity index (χ1n) is 8.93. The van der Waals surface area contributed by atoms with E-state index in [-0.39, 0.29) is 12.0 Å². The molecule has 3 N–H and O–H groups in total. The molecule has 0 radical (unpaired) electrons. The number of anilines is 1. The van der Waals surface area contributed by atoms with E-state index in [4.69, 9.17) is 15.5 Å². The van der Waals surface area contributed by atoms with Crippen LogP contribution < -0.4 is 5.73 Å². The van der Waals surface area contributed by atoms with Crippen LogP contribution in [0.15, 0.2) is 24.7 Å². The molecule has 1 unspecified atom stereocenters. The van der Waals surface area contributed by atoms with Crippen molar-refractivity contribution in [3.05, 3.63) is 30.4 Å². The maximum Gasteiger partial charge on any atom is 0.410 e. The molecule has 1 amide bonds. The van der Waals surface area contributed by atoms with Gasteiger partial charge in [0.15, 0.2) is 5.65 Å². The van der Waals surface area contributed by atoms with Gasteiger partial charge >= 0.3 is 6.09 Å². The van der Waals surface area contributed by atoms with Gasteiger partial charge in [-0.3, -0.25) is 5.10 Å². The molecule has 1 aliphatic heterocycles. The Hall–Kier alpha value is -3.10. The molecule has 1 fully saturated rings. The van der Waals surface area contributed by atoms with Crippen molar-refractivity contribution in [2.24, 2.45) is 0 Å². The molecule has 0 saturated carbocycles. The quantitative estimate of drug-likeness (QED) is 0.717. The maximum absolute atomic E-state index is 12.3. The van der Waals surface area contributed by atoms with E-state index in [1.807, 2.05) is 26.8 Å². The van der Waals surface area contributed by atoms with Crippen molar-refractivity contribution < 1.29 is 9.53 Å². The minimum atomic E-state index is -0.506. The van der Waals surface area contributed by atoms with E-state index in [2.05, 4.69) is 15.3 Å². The molecular weight excluding hydrogens is 346 g/mol. The molecule has 1 aliphatic rings. The second kappa shape index (κ2) is 6.26. The zero-order valence-corrected chi connectivity index (χ0v) is 15.6. The Morgan fingerprint density at radius 2 is 2.19 bits per heavy atom. The molecule has 0 spiro atoms. The number of likely N-dealkylation sites (tertiary alicyclic amines) is 1. The van der Waals surface area contributed by atoms with E-state index in [0.29, 0.717) is 24.6 Å². The zero-order valence-electron chi connectivity index (χ0n) is 15.6. The predicted molar refractivity (Wildman–Crippen MR) is 100 cm³/mol. The Kier molecular flexibility index (Phi) is 4.01. The lowest BCUT2D eigenvalue weighted by molar-refractivity contribution is 0.0292. The van der Waals surface area contributed by atoms with Gasteiger partial charge in [-0.2, -0.15) is 14.7 Å². The van der Waals surface area contributed by atoms with Crippen LogP contribution >= 0.6 is 0 Å². The number of ether oxygens (including phenoxy) is 1. The van der Waals surface area contributed by atoms with E-state index in [0.717, 1.165) is 23.2 Å².